The zero-order chi connectivity index (χ0) is 15.4. The molecule has 0 aliphatic rings. The molecule has 0 aliphatic carbocycles. The van der Waals surface area contributed by atoms with Crippen molar-refractivity contribution in [3.05, 3.63) is 44.7 Å². The first kappa shape index (κ1) is 16.0. The molecule has 0 saturated heterocycles. The minimum atomic E-state index is -0.0304. The number of hydrogen-bond donors (Lipinski definition) is 1. The number of carbonyl (C=O) groups is 1. The third kappa shape index (κ3) is 3.83. The molecule has 2 aromatic rings. The van der Waals surface area contributed by atoms with E-state index in [2.05, 4.69) is 44.6 Å². The summed E-state index contributed by atoms with van der Waals surface area (Å²) in [7, 11) is 3.60. The van der Waals surface area contributed by atoms with Crippen molar-refractivity contribution in [1.29, 1.82) is 0 Å². The molecule has 6 heteroatoms. The molecule has 1 unspecified atom stereocenters. The summed E-state index contributed by atoms with van der Waals surface area (Å²) in [6, 6.07) is 6.06. The lowest BCUT2D eigenvalue weighted by atomic mass is 10.1. The van der Waals surface area contributed by atoms with E-state index < -0.39 is 0 Å². The van der Waals surface area contributed by atoms with Gasteiger partial charge in [-0.15, -0.1) is 11.3 Å². The van der Waals surface area contributed by atoms with Gasteiger partial charge in [0.15, 0.2) is 0 Å². The third-order valence-corrected chi connectivity index (χ3v) is 4.71. The molecule has 0 fully saturated rings. The van der Waals surface area contributed by atoms with Crippen LogP contribution in [-0.4, -0.2) is 35.9 Å². The van der Waals surface area contributed by atoms with Crippen LogP contribution in [0.3, 0.4) is 0 Å². The average molecular weight is 368 g/mol. The summed E-state index contributed by atoms with van der Waals surface area (Å²) in [6.45, 7) is 2.06. The van der Waals surface area contributed by atoms with E-state index in [1.165, 1.54) is 4.88 Å². The molecule has 0 aliphatic heterocycles. The fraction of sp³-hybridized carbons (Fsp3) is 0.333. The van der Waals surface area contributed by atoms with Crippen molar-refractivity contribution >= 4 is 39.0 Å². The second kappa shape index (κ2) is 7.04. The summed E-state index contributed by atoms with van der Waals surface area (Å²) < 4.78 is 0.796. The molecule has 2 rings (SSSR count). The van der Waals surface area contributed by atoms with Gasteiger partial charge in [0.05, 0.1) is 5.56 Å². The van der Waals surface area contributed by atoms with Crippen molar-refractivity contribution in [2.45, 2.75) is 19.4 Å². The van der Waals surface area contributed by atoms with Gasteiger partial charge in [-0.05, 0) is 40.4 Å². The Morgan fingerprint density at radius 3 is 2.95 bits per heavy atom. The largest absolute Gasteiger partial charge is 0.372 e. The number of rotatable bonds is 5. The zero-order valence-electron chi connectivity index (χ0n) is 12.3. The lowest BCUT2D eigenvalue weighted by Crippen LogP contribution is -2.36. The molecular weight excluding hydrogens is 350 g/mol. The van der Waals surface area contributed by atoms with Gasteiger partial charge in [0, 0.05) is 42.1 Å². The molecular formula is C15H18BrN3OS. The van der Waals surface area contributed by atoms with Gasteiger partial charge in [-0.1, -0.05) is 6.07 Å². The van der Waals surface area contributed by atoms with E-state index in [1.54, 1.807) is 35.5 Å². The van der Waals surface area contributed by atoms with Crippen LogP contribution in [0.25, 0.3) is 0 Å². The van der Waals surface area contributed by atoms with Crippen LogP contribution in [0.15, 0.2) is 34.2 Å². The summed E-state index contributed by atoms with van der Waals surface area (Å²) in [5, 5.41) is 5.02. The summed E-state index contributed by atoms with van der Waals surface area (Å²) in [4.78, 5) is 20.0. The van der Waals surface area contributed by atoms with E-state index in [0.717, 1.165) is 10.9 Å². The Labute approximate surface area is 137 Å². The van der Waals surface area contributed by atoms with Gasteiger partial charge in [0.25, 0.3) is 5.91 Å². The van der Waals surface area contributed by atoms with E-state index in [9.17, 15) is 4.79 Å². The average Bonchev–Trinajstić information content (AvgIpc) is 2.98. The van der Waals surface area contributed by atoms with Crippen molar-refractivity contribution < 1.29 is 4.79 Å². The molecule has 0 radical (unpaired) electrons. The Kier molecular flexibility index (Phi) is 5.36. The van der Waals surface area contributed by atoms with E-state index in [1.807, 2.05) is 13.1 Å². The van der Waals surface area contributed by atoms with Crippen LogP contribution < -0.4 is 5.32 Å². The van der Waals surface area contributed by atoms with E-state index in [-0.39, 0.29) is 11.9 Å². The van der Waals surface area contributed by atoms with Crippen LogP contribution in [0.5, 0.6) is 0 Å². The Balaban J connectivity index is 2.16. The first-order valence-corrected chi connectivity index (χ1v) is 8.33. The number of thiophene rings is 1. The topological polar surface area (TPSA) is 45.2 Å². The number of nitrogens with one attached hydrogen (secondary N) is 1. The zero-order valence-corrected chi connectivity index (χ0v) is 14.7. The number of likely N-dealkylation sites (N-methyl/N-ethyl adjacent to an activating group) is 1. The quantitative estimate of drug-likeness (QED) is 0.876. The molecule has 112 valence electrons. The second-order valence-corrected chi connectivity index (χ2v) is 6.80. The predicted molar refractivity (Wildman–Crippen MR) is 91.1 cm³/mol. The Bertz CT molecular complexity index is 615. The third-order valence-electron chi connectivity index (χ3n) is 3.38. The molecule has 4 nitrogen and oxygen atoms in total. The highest BCUT2D eigenvalue weighted by Gasteiger charge is 2.21. The monoisotopic (exact) mass is 367 g/mol. The van der Waals surface area contributed by atoms with Gasteiger partial charge in [0.2, 0.25) is 0 Å². The molecule has 2 heterocycles. The van der Waals surface area contributed by atoms with E-state index in [4.69, 9.17) is 0 Å². The summed E-state index contributed by atoms with van der Waals surface area (Å²) in [5.74, 6) is 0.565. The van der Waals surface area contributed by atoms with Crippen LogP contribution in [0.1, 0.15) is 22.2 Å². The second-order valence-electron chi connectivity index (χ2n) is 4.85. The highest BCUT2D eigenvalue weighted by Crippen LogP contribution is 2.21. The van der Waals surface area contributed by atoms with Gasteiger partial charge >= 0.3 is 0 Å². The van der Waals surface area contributed by atoms with Crippen LogP contribution >= 0.6 is 27.3 Å². The Morgan fingerprint density at radius 2 is 2.33 bits per heavy atom. The number of hydrogen-bond acceptors (Lipinski definition) is 4. The molecule has 1 N–H and O–H groups in total. The summed E-state index contributed by atoms with van der Waals surface area (Å²) >= 11 is 5.09. The van der Waals surface area contributed by atoms with Gasteiger partial charge < -0.3 is 10.2 Å². The minimum absolute atomic E-state index is 0.0304. The molecule has 2 aromatic heterocycles. The molecule has 21 heavy (non-hydrogen) atoms. The van der Waals surface area contributed by atoms with Gasteiger partial charge in [-0.2, -0.15) is 0 Å². The van der Waals surface area contributed by atoms with Gasteiger partial charge in [0.1, 0.15) is 5.82 Å². The molecule has 0 aromatic carbocycles. The number of amides is 1. The standard InChI is InChI=1S/C15H18BrN3OS/c1-10(7-12-5-4-6-21-12)19(3)15(20)13-8-11(16)9-18-14(13)17-2/h4-6,8-10H,7H2,1-3H3,(H,17,18). The number of nitrogens with zero attached hydrogens (tertiary/aromatic N) is 2. The smallest absolute Gasteiger partial charge is 0.257 e. The van der Waals surface area contributed by atoms with Crippen LogP contribution in [0.4, 0.5) is 5.82 Å². The fourth-order valence-corrected chi connectivity index (χ4v) is 3.21. The first-order chi connectivity index (χ1) is 10.0. The van der Waals surface area contributed by atoms with Crippen molar-refractivity contribution in [3.63, 3.8) is 0 Å². The number of anilines is 1. The van der Waals surface area contributed by atoms with Gasteiger partial charge in [-0.3, -0.25) is 4.79 Å². The Hall–Kier alpha value is -1.40. The molecule has 0 spiro atoms. The highest BCUT2D eigenvalue weighted by atomic mass is 79.9. The number of halogens is 1. The number of aromatic nitrogens is 1. The fourth-order valence-electron chi connectivity index (χ4n) is 2.05. The van der Waals surface area contributed by atoms with Crippen molar-refractivity contribution in [1.82, 2.24) is 9.88 Å². The lowest BCUT2D eigenvalue weighted by molar-refractivity contribution is 0.0744. The van der Waals surface area contributed by atoms with Crippen molar-refractivity contribution in [2.75, 3.05) is 19.4 Å². The SMILES string of the molecule is CNc1ncc(Br)cc1C(=O)N(C)C(C)Cc1cccs1. The van der Waals surface area contributed by atoms with Crippen LogP contribution in [0.2, 0.25) is 0 Å². The number of carbonyl (C=O) groups excluding carboxylic acids is 1. The van der Waals surface area contributed by atoms with E-state index in [0.29, 0.717) is 11.4 Å². The van der Waals surface area contributed by atoms with E-state index >= 15 is 0 Å². The first-order valence-electron chi connectivity index (χ1n) is 6.65. The maximum absolute atomic E-state index is 12.7. The maximum Gasteiger partial charge on any atom is 0.257 e. The maximum atomic E-state index is 12.7. The molecule has 0 saturated carbocycles. The summed E-state index contributed by atoms with van der Waals surface area (Å²) in [5.41, 5.74) is 0.576. The van der Waals surface area contributed by atoms with Crippen LogP contribution in [0, 0.1) is 0 Å². The van der Waals surface area contributed by atoms with Crippen molar-refractivity contribution in [2.24, 2.45) is 0 Å². The van der Waals surface area contributed by atoms with Crippen LogP contribution in [-0.2, 0) is 6.42 Å². The number of pyridine rings is 1. The summed E-state index contributed by atoms with van der Waals surface area (Å²) in [6.07, 6.45) is 2.54. The normalized spacial score (nSPS) is 12.0. The van der Waals surface area contributed by atoms with Crippen molar-refractivity contribution in [3.8, 4) is 0 Å². The predicted octanol–water partition coefficient (Wildman–Crippen LogP) is 3.65. The highest BCUT2D eigenvalue weighted by molar-refractivity contribution is 9.10. The molecule has 1 amide bonds. The van der Waals surface area contributed by atoms with Gasteiger partial charge in [-0.25, -0.2) is 4.98 Å². The molecule has 1 atom stereocenters. The molecule has 0 bridgehead atoms. The minimum Gasteiger partial charge on any atom is -0.372 e. The lowest BCUT2D eigenvalue weighted by Gasteiger charge is -2.25. The Morgan fingerprint density at radius 1 is 1.57 bits per heavy atom.